The van der Waals surface area contributed by atoms with Gasteiger partial charge >= 0.3 is 6.18 Å². The number of halogens is 4. The van der Waals surface area contributed by atoms with Gasteiger partial charge in [-0.25, -0.2) is 9.97 Å². The lowest BCUT2D eigenvalue weighted by Crippen LogP contribution is -2.41. The molecule has 2 aromatic rings. The Labute approximate surface area is 173 Å². The highest BCUT2D eigenvalue weighted by Gasteiger charge is 2.34. The van der Waals surface area contributed by atoms with Gasteiger partial charge in [0.15, 0.2) is 0 Å². The molecule has 2 aromatic heterocycles. The number of amides is 2. The number of rotatable bonds is 3. The topological polar surface area (TPSA) is 75.2 Å². The van der Waals surface area contributed by atoms with Crippen LogP contribution in [-0.2, 0) is 11.0 Å². The van der Waals surface area contributed by atoms with Crippen LogP contribution in [0.2, 0.25) is 0 Å². The first-order valence-corrected chi connectivity index (χ1v) is 9.71. The number of hydrogen-bond donors (Lipinski definition) is 1. The maximum Gasteiger partial charge on any atom is 0.433 e. The molecule has 0 unspecified atom stereocenters. The fourth-order valence-corrected chi connectivity index (χ4v) is 3.37. The lowest BCUT2D eigenvalue weighted by molar-refractivity contribution is -0.141. The summed E-state index contributed by atoms with van der Waals surface area (Å²) in [6.07, 6.45) is -2.05. The van der Waals surface area contributed by atoms with E-state index in [0.717, 1.165) is 16.6 Å². The number of aromatic nitrogens is 2. The van der Waals surface area contributed by atoms with E-state index in [-0.39, 0.29) is 29.0 Å². The summed E-state index contributed by atoms with van der Waals surface area (Å²) in [5.74, 6) is -0.365. The van der Waals surface area contributed by atoms with Crippen molar-refractivity contribution >= 4 is 33.6 Å². The van der Waals surface area contributed by atoms with Crippen LogP contribution in [0, 0.1) is 12.8 Å². The number of likely N-dealkylation sites (tertiary alicyclic amines) is 1. The van der Waals surface area contributed by atoms with Crippen LogP contribution in [0.5, 0.6) is 0 Å². The van der Waals surface area contributed by atoms with Crippen LogP contribution in [0.25, 0.3) is 0 Å². The molecule has 0 atom stereocenters. The number of carbonyl (C=O) groups is 2. The zero-order chi connectivity index (χ0) is 21.2. The second kappa shape index (κ2) is 8.48. The normalized spacial score (nSPS) is 15.3. The Morgan fingerprint density at radius 3 is 2.41 bits per heavy atom. The number of hydrogen-bond acceptors (Lipinski definition) is 4. The van der Waals surface area contributed by atoms with Crippen LogP contribution in [0.3, 0.4) is 0 Å². The van der Waals surface area contributed by atoms with Crippen molar-refractivity contribution in [1.29, 1.82) is 0 Å². The number of aryl methyl sites for hydroxylation is 1. The molecule has 29 heavy (non-hydrogen) atoms. The summed E-state index contributed by atoms with van der Waals surface area (Å²) < 4.78 is 39.0. The fourth-order valence-electron chi connectivity index (χ4n) is 3.14. The molecule has 1 N–H and O–H groups in total. The van der Waals surface area contributed by atoms with Crippen molar-refractivity contribution in [2.45, 2.75) is 25.9 Å². The first-order chi connectivity index (χ1) is 13.6. The molecule has 0 aliphatic carbocycles. The van der Waals surface area contributed by atoms with Gasteiger partial charge in [0.1, 0.15) is 11.5 Å². The lowest BCUT2D eigenvalue weighted by Gasteiger charge is -2.31. The van der Waals surface area contributed by atoms with E-state index in [1.165, 1.54) is 6.92 Å². The standard InChI is InChI=1S/C19H18BrF3N4O2/c1-11-14(3-4-15(25-11)19(21,22)23)18(29)27-8-6-12(7-9-27)17(28)26-16-5-2-13(20)10-24-16/h2-5,10,12H,6-9H2,1H3,(H,24,26,28). The Hall–Kier alpha value is -2.49. The Morgan fingerprint density at radius 2 is 1.86 bits per heavy atom. The molecule has 0 bridgehead atoms. The van der Waals surface area contributed by atoms with Gasteiger partial charge in [0.25, 0.3) is 5.91 Å². The highest BCUT2D eigenvalue weighted by molar-refractivity contribution is 9.10. The highest BCUT2D eigenvalue weighted by atomic mass is 79.9. The first kappa shape index (κ1) is 21.2. The van der Waals surface area contributed by atoms with Crippen molar-refractivity contribution in [3.63, 3.8) is 0 Å². The molecule has 1 aliphatic rings. The summed E-state index contributed by atoms with van der Waals surface area (Å²) in [5, 5.41) is 2.75. The van der Waals surface area contributed by atoms with E-state index in [1.54, 1.807) is 23.2 Å². The van der Waals surface area contributed by atoms with Gasteiger partial charge in [-0.05, 0) is 60.0 Å². The zero-order valence-corrected chi connectivity index (χ0v) is 17.0. The molecule has 1 saturated heterocycles. The maximum atomic E-state index is 12.7. The van der Waals surface area contributed by atoms with Crippen molar-refractivity contribution in [3.8, 4) is 0 Å². The van der Waals surface area contributed by atoms with E-state index in [9.17, 15) is 22.8 Å². The highest BCUT2D eigenvalue weighted by Crippen LogP contribution is 2.29. The average molecular weight is 471 g/mol. The second-order valence-corrected chi connectivity index (χ2v) is 7.66. The van der Waals surface area contributed by atoms with E-state index in [0.29, 0.717) is 31.7 Å². The average Bonchev–Trinajstić information content (AvgIpc) is 2.68. The second-order valence-electron chi connectivity index (χ2n) is 6.74. The number of carbonyl (C=O) groups excluding carboxylic acids is 2. The molecule has 154 valence electrons. The molecular weight excluding hydrogens is 453 g/mol. The lowest BCUT2D eigenvalue weighted by atomic mass is 9.95. The SMILES string of the molecule is Cc1nc(C(F)(F)F)ccc1C(=O)N1CCC(C(=O)Nc2ccc(Br)cn2)CC1. The minimum Gasteiger partial charge on any atom is -0.339 e. The van der Waals surface area contributed by atoms with E-state index >= 15 is 0 Å². The van der Waals surface area contributed by atoms with Crippen LogP contribution in [0.1, 0.15) is 34.6 Å². The molecule has 1 aliphatic heterocycles. The van der Waals surface area contributed by atoms with Crippen molar-refractivity contribution in [1.82, 2.24) is 14.9 Å². The smallest absolute Gasteiger partial charge is 0.339 e. The third-order valence-corrected chi connectivity index (χ3v) is 5.21. The molecule has 10 heteroatoms. The Morgan fingerprint density at radius 1 is 1.17 bits per heavy atom. The van der Waals surface area contributed by atoms with Crippen LogP contribution in [0.15, 0.2) is 34.9 Å². The maximum absolute atomic E-state index is 12.7. The minimum absolute atomic E-state index is 0.0333. The molecule has 2 amide bonds. The van der Waals surface area contributed by atoms with Gasteiger partial charge in [-0.15, -0.1) is 0 Å². The monoisotopic (exact) mass is 470 g/mol. The number of nitrogens with zero attached hydrogens (tertiary/aromatic N) is 3. The zero-order valence-electron chi connectivity index (χ0n) is 15.5. The quantitative estimate of drug-likeness (QED) is 0.733. The minimum atomic E-state index is -4.55. The molecule has 0 saturated carbocycles. The number of pyridine rings is 2. The van der Waals surface area contributed by atoms with Crippen molar-refractivity contribution in [2.24, 2.45) is 5.92 Å². The molecule has 0 aromatic carbocycles. The number of nitrogens with one attached hydrogen (secondary N) is 1. The van der Waals surface area contributed by atoms with Gasteiger partial charge < -0.3 is 10.2 Å². The third-order valence-electron chi connectivity index (χ3n) is 4.74. The van der Waals surface area contributed by atoms with Crippen molar-refractivity contribution < 1.29 is 22.8 Å². The van der Waals surface area contributed by atoms with Crippen molar-refractivity contribution in [3.05, 3.63) is 51.9 Å². The molecule has 3 heterocycles. The molecule has 0 radical (unpaired) electrons. The van der Waals surface area contributed by atoms with Gasteiger partial charge in [-0.1, -0.05) is 0 Å². The van der Waals surface area contributed by atoms with E-state index in [4.69, 9.17) is 0 Å². The van der Waals surface area contributed by atoms with Crippen LogP contribution >= 0.6 is 15.9 Å². The van der Waals surface area contributed by atoms with Crippen LogP contribution in [0.4, 0.5) is 19.0 Å². The summed E-state index contributed by atoms with van der Waals surface area (Å²) in [6.45, 7) is 2.06. The summed E-state index contributed by atoms with van der Waals surface area (Å²) in [7, 11) is 0. The molecule has 6 nitrogen and oxygen atoms in total. The third kappa shape index (κ3) is 5.11. The number of anilines is 1. The Bertz CT molecular complexity index is 911. The van der Waals surface area contributed by atoms with Gasteiger partial charge in [0, 0.05) is 29.7 Å². The summed E-state index contributed by atoms with van der Waals surface area (Å²) in [4.78, 5) is 34.2. The summed E-state index contributed by atoms with van der Waals surface area (Å²) >= 11 is 3.27. The van der Waals surface area contributed by atoms with E-state index in [2.05, 4.69) is 31.2 Å². The Balaban J connectivity index is 1.59. The fraction of sp³-hybridized carbons (Fsp3) is 0.368. The van der Waals surface area contributed by atoms with Gasteiger partial charge in [-0.2, -0.15) is 13.2 Å². The molecule has 3 rings (SSSR count). The summed E-state index contributed by atoms with van der Waals surface area (Å²) in [5.41, 5.74) is -0.852. The van der Waals surface area contributed by atoms with E-state index in [1.807, 2.05) is 0 Å². The van der Waals surface area contributed by atoms with Crippen molar-refractivity contribution in [2.75, 3.05) is 18.4 Å². The van der Waals surface area contributed by atoms with E-state index < -0.39 is 11.9 Å². The van der Waals surface area contributed by atoms with Crippen LogP contribution in [-0.4, -0.2) is 39.8 Å². The molecule has 0 spiro atoms. The predicted molar refractivity (Wildman–Crippen MR) is 103 cm³/mol. The Kier molecular flexibility index (Phi) is 6.21. The van der Waals surface area contributed by atoms with Gasteiger partial charge in [0.2, 0.25) is 5.91 Å². The molecule has 1 fully saturated rings. The van der Waals surface area contributed by atoms with Gasteiger partial charge in [-0.3, -0.25) is 9.59 Å². The van der Waals surface area contributed by atoms with Gasteiger partial charge in [0.05, 0.1) is 11.3 Å². The van der Waals surface area contributed by atoms with Crippen LogP contribution < -0.4 is 5.32 Å². The predicted octanol–water partition coefficient (Wildman–Crippen LogP) is 4.06. The number of piperidine rings is 1. The largest absolute Gasteiger partial charge is 0.433 e. The molecular formula is C19H18BrF3N4O2. The summed E-state index contributed by atoms with van der Waals surface area (Å²) in [6, 6.07) is 5.42. The first-order valence-electron chi connectivity index (χ1n) is 8.91. The number of alkyl halides is 3.